The van der Waals surface area contributed by atoms with Gasteiger partial charge in [-0.05, 0) is 57.8 Å². The van der Waals surface area contributed by atoms with Crippen molar-refractivity contribution in [2.45, 2.75) is 56.8 Å². The lowest BCUT2D eigenvalue weighted by molar-refractivity contribution is -0.136. The van der Waals surface area contributed by atoms with Crippen molar-refractivity contribution in [3.8, 4) is 0 Å². The Balaban J connectivity index is 1.93. The van der Waals surface area contributed by atoms with E-state index >= 15 is 0 Å². The number of carbonyl (C=O) groups is 2. The lowest BCUT2D eigenvalue weighted by Gasteiger charge is -2.33. The fourth-order valence-electron chi connectivity index (χ4n) is 3.33. The molecule has 0 aromatic heterocycles. The second-order valence-corrected chi connectivity index (χ2v) is 7.18. The third-order valence-electron chi connectivity index (χ3n) is 4.86. The summed E-state index contributed by atoms with van der Waals surface area (Å²) in [4.78, 5) is 26.5. The molecule has 2 rings (SSSR count). The quantitative estimate of drug-likeness (QED) is 0.766. The minimum Gasteiger partial charge on any atom is -0.345 e. The van der Waals surface area contributed by atoms with Crippen molar-refractivity contribution in [1.82, 2.24) is 10.2 Å². The van der Waals surface area contributed by atoms with Gasteiger partial charge >= 0.3 is 18.0 Å². The highest BCUT2D eigenvalue weighted by atomic mass is 19.4. The van der Waals surface area contributed by atoms with E-state index in [1.54, 1.807) is 12.1 Å². The zero-order chi connectivity index (χ0) is 20.0. The highest BCUT2D eigenvalue weighted by molar-refractivity contribution is 6.39. The normalized spacial score (nSPS) is 20.4. The maximum absolute atomic E-state index is 12.5. The van der Waals surface area contributed by atoms with Crippen molar-refractivity contribution in [1.29, 1.82) is 0 Å². The summed E-state index contributed by atoms with van der Waals surface area (Å²) in [5, 5.41) is 5.18. The summed E-state index contributed by atoms with van der Waals surface area (Å²) in [7, 11) is 3.97. The lowest BCUT2D eigenvalue weighted by atomic mass is 9.90. The van der Waals surface area contributed by atoms with Crippen molar-refractivity contribution >= 4 is 17.5 Å². The molecule has 1 saturated carbocycles. The molecular weight excluding hydrogens is 359 g/mol. The summed E-state index contributed by atoms with van der Waals surface area (Å²) in [6.45, 7) is 0. The number of aryl methyl sites for hydroxylation is 1. The number of nitrogens with zero attached hydrogens (tertiary/aromatic N) is 1. The molecule has 1 aromatic carbocycles. The largest absolute Gasteiger partial charge is 0.389 e. The molecule has 1 aliphatic rings. The highest BCUT2D eigenvalue weighted by Gasteiger charge is 2.28. The zero-order valence-corrected chi connectivity index (χ0v) is 15.6. The number of amides is 2. The third-order valence-corrected chi connectivity index (χ3v) is 4.86. The molecule has 0 bridgehead atoms. The van der Waals surface area contributed by atoms with Gasteiger partial charge in [-0.15, -0.1) is 0 Å². The average molecular weight is 385 g/mol. The van der Waals surface area contributed by atoms with E-state index < -0.39 is 24.4 Å². The van der Waals surface area contributed by atoms with E-state index in [0.29, 0.717) is 11.6 Å². The molecule has 1 aromatic rings. The second kappa shape index (κ2) is 9.21. The van der Waals surface area contributed by atoms with E-state index in [-0.39, 0.29) is 18.2 Å². The second-order valence-electron chi connectivity index (χ2n) is 7.18. The van der Waals surface area contributed by atoms with Gasteiger partial charge in [0.25, 0.3) is 0 Å². The van der Waals surface area contributed by atoms with Crippen LogP contribution in [-0.4, -0.2) is 49.1 Å². The van der Waals surface area contributed by atoms with E-state index in [9.17, 15) is 22.8 Å². The fraction of sp³-hybridized carbons (Fsp3) is 0.579. The maximum Gasteiger partial charge on any atom is 0.389 e. The van der Waals surface area contributed by atoms with Gasteiger partial charge in [-0.3, -0.25) is 9.59 Å². The first-order chi connectivity index (χ1) is 12.7. The number of rotatable bonds is 5. The standard InChI is InChI=1S/C19H26F3N3O2/c1-25(2)15-8-5-7-14(12-15)23-17(26)18(27)24-16-9-4-3-6-13(16)10-11-19(20,21)22/h3-4,6,9,14-15H,5,7-8,10-12H2,1-2H3,(H,23,26)(H,24,27)/t14-,15-/m1/s1. The Kier molecular flexibility index (Phi) is 7.24. The Bertz CT molecular complexity index is 662. The minimum absolute atomic E-state index is 0.0788. The topological polar surface area (TPSA) is 61.4 Å². The molecule has 2 amide bonds. The predicted octanol–water partition coefficient (Wildman–Crippen LogP) is 3.11. The molecule has 27 heavy (non-hydrogen) atoms. The average Bonchev–Trinajstić information content (AvgIpc) is 2.60. The monoisotopic (exact) mass is 385 g/mol. The highest BCUT2D eigenvalue weighted by Crippen LogP contribution is 2.25. The van der Waals surface area contributed by atoms with Crippen LogP contribution in [0.4, 0.5) is 18.9 Å². The van der Waals surface area contributed by atoms with Crippen molar-refractivity contribution in [2.24, 2.45) is 0 Å². The first-order valence-corrected chi connectivity index (χ1v) is 9.08. The molecule has 2 atom stereocenters. The number of benzene rings is 1. The van der Waals surface area contributed by atoms with Gasteiger partial charge in [0, 0.05) is 24.2 Å². The van der Waals surface area contributed by atoms with Crippen LogP contribution in [0.5, 0.6) is 0 Å². The minimum atomic E-state index is -4.28. The molecule has 8 heteroatoms. The van der Waals surface area contributed by atoms with Crippen LogP contribution in [0.3, 0.4) is 0 Å². The molecule has 0 aliphatic heterocycles. The number of alkyl halides is 3. The molecule has 0 radical (unpaired) electrons. The van der Waals surface area contributed by atoms with E-state index in [0.717, 1.165) is 25.7 Å². The summed E-state index contributed by atoms with van der Waals surface area (Å²) in [5.41, 5.74) is 0.582. The summed E-state index contributed by atoms with van der Waals surface area (Å²) in [6, 6.07) is 6.50. The molecule has 1 aliphatic carbocycles. The van der Waals surface area contributed by atoms with Crippen molar-refractivity contribution in [3.05, 3.63) is 29.8 Å². The van der Waals surface area contributed by atoms with Crippen LogP contribution >= 0.6 is 0 Å². The Labute approximate surface area is 157 Å². The van der Waals surface area contributed by atoms with Crippen LogP contribution in [-0.2, 0) is 16.0 Å². The SMILES string of the molecule is CN(C)[C@@H]1CCC[C@@H](NC(=O)C(=O)Nc2ccccc2CCC(F)(F)F)C1. The van der Waals surface area contributed by atoms with Gasteiger partial charge in [-0.1, -0.05) is 18.2 Å². The summed E-state index contributed by atoms with van der Waals surface area (Å²) >= 11 is 0. The van der Waals surface area contributed by atoms with Crippen molar-refractivity contribution in [2.75, 3.05) is 19.4 Å². The van der Waals surface area contributed by atoms with Gasteiger partial charge in [0.05, 0.1) is 0 Å². The van der Waals surface area contributed by atoms with Crippen LogP contribution in [0.1, 0.15) is 37.7 Å². The maximum atomic E-state index is 12.5. The van der Waals surface area contributed by atoms with Gasteiger partial charge in [-0.2, -0.15) is 13.2 Å². The van der Waals surface area contributed by atoms with E-state index in [1.807, 2.05) is 14.1 Å². The molecule has 1 fully saturated rings. The number of hydrogen-bond donors (Lipinski definition) is 2. The molecule has 0 unspecified atom stereocenters. The van der Waals surface area contributed by atoms with E-state index in [1.165, 1.54) is 12.1 Å². The summed E-state index contributed by atoms with van der Waals surface area (Å²) in [5.74, 6) is -1.62. The first-order valence-electron chi connectivity index (χ1n) is 9.08. The molecular formula is C19H26F3N3O2. The van der Waals surface area contributed by atoms with Crippen LogP contribution in [0.2, 0.25) is 0 Å². The summed E-state index contributed by atoms with van der Waals surface area (Å²) < 4.78 is 37.4. The van der Waals surface area contributed by atoms with Gasteiger partial charge in [-0.25, -0.2) is 0 Å². The smallest absolute Gasteiger partial charge is 0.345 e. The van der Waals surface area contributed by atoms with Crippen LogP contribution < -0.4 is 10.6 Å². The third kappa shape index (κ3) is 6.86. The number of nitrogens with one attached hydrogen (secondary N) is 2. The lowest BCUT2D eigenvalue weighted by Crippen LogP contribution is -2.47. The molecule has 2 N–H and O–H groups in total. The van der Waals surface area contributed by atoms with Crippen LogP contribution in [0.25, 0.3) is 0 Å². The zero-order valence-electron chi connectivity index (χ0n) is 15.6. The van der Waals surface area contributed by atoms with Crippen molar-refractivity contribution < 1.29 is 22.8 Å². The van der Waals surface area contributed by atoms with Gasteiger partial charge in [0.2, 0.25) is 0 Å². The first kappa shape index (κ1) is 21.2. The number of carbonyl (C=O) groups excluding carboxylic acids is 2. The number of para-hydroxylation sites is 1. The Morgan fingerprint density at radius 1 is 1.15 bits per heavy atom. The van der Waals surface area contributed by atoms with E-state index in [2.05, 4.69) is 15.5 Å². The van der Waals surface area contributed by atoms with Crippen molar-refractivity contribution in [3.63, 3.8) is 0 Å². The van der Waals surface area contributed by atoms with Gasteiger partial charge in [0.1, 0.15) is 0 Å². The molecule has 0 saturated heterocycles. The number of hydrogen-bond acceptors (Lipinski definition) is 3. The molecule has 0 heterocycles. The van der Waals surface area contributed by atoms with Gasteiger partial charge in [0.15, 0.2) is 0 Å². The van der Waals surface area contributed by atoms with Crippen LogP contribution in [0.15, 0.2) is 24.3 Å². The molecule has 150 valence electrons. The summed E-state index contributed by atoms with van der Waals surface area (Å²) in [6.07, 6.45) is -1.92. The van der Waals surface area contributed by atoms with Gasteiger partial charge < -0.3 is 15.5 Å². The molecule has 0 spiro atoms. The Morgan fingerprint density at radius 2 is 1.85 bits per heavy atom. The Hall–Kier alpha value is -2.09. The predicted molar refractivity (Wildman–Crippen MR) is 97.3 cm³/mol. The number of anilines is 1. The van der Waals surface area contributed by atoms with E-state index in [4.69, 9.17) is 0 Å². The molecule has 5 nitrogen and oxygen atoms in total. The Morgan fingerprint density at radius 3 is 2.52 bits per heavy atom. The van der Waals surface area contributed by atoms with Crippen LogP contribution in [0, 0.1) is 0 Å². The fourth-order valence-corrected chi connectivity index (χ4v) is 3.33. The number of halogens is 3.